The van der Waals surface area contributed by atoms with Crippen molar-refractivity contribution in [3.05, 3.63) is 63.7 Å². The number of para-hydroxylation sites is 2. The number of likely N-dealkylation sites (tertiary alicyclic amines) is 1. The molecule has 0 saturated carbocycles. The number of benzene rings is 2. The van der Waals surface area contributed by atoms with E-state index in [0.29, 0.717) is 69.2 Å². The smallest absolute Gasteiger partial charge is 0.292 e. The molecule has 1 N–H and O–H groups in total. The maximum atomic E-state index is 13.5. The number of ether oxygens (including phenoxy) is 1. The summed E-state index contributed by atoms with van der Waals surface area (Å²) < 4.78 is 6.12. The van der Waals surface area contributed by atoms with E-state index in [-0.39, 0.29) is 47.3 Å². The molecule has 3 fully saturated rings. The SMILES string of the molecule is O=C1CCC(N2Cc3c(OCCCN4CCCC4C(=O)N4CCN(c5ccccc5[N+](=O)[O-])CC4)cccc3C2=O)C(=O)N1. The van der Waals surface area contributed by atoms with E-state index >= 15 is 0 Å². The molecule has 0 spiro atoms. The van der Waals surface area contributed by atoms with E-state index in [1.165, 1.54) is 11.0 Å². The first kappa shape index (κ1) is 29.5. The molecule has 2 aromatic rings. The monoisotopic (exact) mass is 604 g/mol. The molecule has 2 aromatic carbocycles. The topological polar surface area (TPSA) is 146 Å². The van der Waals surface area contributed by atoms with Crippen LogP contribution in [0.3, 0.4) is 0 Å². The number of rotatable bonds is 9. The summed E-state index contributed by atoms with van der Waals surface area (Å²) in [6.07, 6.45) is 2.95. The van der Waals surface area contributed by atoms with E-state index < -0.39 is 11.9 Å². The predicted octanol–water partition coefficient (Wildman–Crippen LogP) is 1.94. The van der Waals surface area contributed by atoms with Gasteiger partial charge in [-0.3, -0.25) is 39.5 Å². The second-order valence-corrected chi connectivity index (χ2v) is 11.6. The molecule has 0 aromatic heterocycles. The number of nitrogens with one attached hydrogen (secondary N) is 1. The summed E-state index contributed by atoms with van der Waals surface area (Å²) in [5.74, 6) is -0.280. The van der Waals surface area contributed by atoms with Gasteiger partial charge >= 0.3 is 0 Å². The molecule has 4 heterocycles. The summed E-state index contributed by atoms with van der Waals surface area (Å²) in [5, 5.41) is 13.8. The highest BCUT2D eigenvalue weighted by Crippen LogP contribution is 2.34. The van der Waals surface area contributed by atoms with E-state index in [4.69, 9.17) is 4.74 Å². The summed E-state index contributed by atoms with van der Waals surface area (Å²) in [4.78, 5) is 69.2. The summed E-state index contributed by atoms with van der Waals surface area (Å²) in [5.41, 5.74) is 1.93. The number of hydrogen-bond acceptors (Lipinski definition) is 9. The van der Waals surface area contributed by atoms with Gasteiger partial charge in [-0.2, -0.15) is 0 Å². The molecule has 0 bridgehead atoms. The molecule has 44 heavy (non-hydrogen) atoms. The van der Waals surface area contributed by atoms with E-state index in [9.17, 15) is 29.3 Å². The van der Waals surface area contributed by atoms with Crippen LogP contribution in [0.1, 0.15) is 48.0 Å². The van der Waals surface area contributed by atoms with Crippen LogP contribution in [0.5, 0.6) is 5.75 Å². The Morgan fingerprint density at radius 1 is 1.00 bits per heavy atom. The number of nitrogens with zero attached hydrogens (tertiary/aromatic N) is 5. The van der Waals surface area contributed by atoms with Crippen molar-refractivity contribution in [2.75, 3.05) is 50.8 Å². The maximum absolute atomic E-state index is 13.5. The number of imide groups is 1. The highest BCUT2D eigenvalue weighted by molar-refractivity contribution is 6.05. The lowest BCUT2D eigenvalue weighted by Gasteiger charge is -2.38. The third-order valence-electron chi connectivity index (χ3n) is 9.05. The Labute approximate surface area is 254 Å². The van der Waals surface area contributed by atoms with E-state index in [1.807, 2.05) is 15.9 Å². The van der Waals surface area contributed by atoms with Crippen molar-refractivity contribution in [3.63, 3.8) is 0 Å². The second-order valence-electron chi connectivity index (χ2n) is 11.6. The lowest BCUT2D eigenvalue weighted by atomic mass is 10.0. The Morgan fingerprint density at radius 2 is 1.80 bits per heavy atom. The summed E-state index contributed by atoms with van der Waals surface area (Å²) in [6, 6.07) is 11.2. The van der Waals surface area contributed by atoms with Crippen molar-refractivity contribution in [1.82, 2.24) is 20.0 Å². The molecule has 232 valence electrons. The Kier molecular flexibility index (Phi) is 8.47. The zero-order valence-corrected chi connectivity index (χ0v) is 24.5. The number of carbonyl (C=O) groups is 4. The molecule has 2 unspecified atom stereocenters. The van der Waals surface area contributed by atoms with E-state index in [2.05, 4.69) is 10.2 Å². The van der Waals surface area contributed by atoms with Crippen molar-refractivity contribution in [2.24, 2.45) is 0 Å². The summed E-state index contributed by atoms with van der Waals surface area (Å²) in [7, 11) is 0. The number of nitro benzene ring substituents is 1. The molecule has 3 saturated heterocycles. The third kappa shape index (κ3) is 5.83. The van der Waals surface area contributed by atoms with Crippen LogP contribution >= 0.6 is 0 Å². The Balaban J connectivity index is 0.995. The highest BCUT2D eigenvalue weighted by Gasteiger charge is 2.40. The number of hydrogen-bond donors (Lipinski definition) is 1. The van der Waals surface area contributed by atoms with Gasteiger partial charge in [-0.1, -0.05) is 18.2 Å². The quantitative estimate of drug-likeness (QED) is 0.196. The highest BCUT2D eigenvalue weighted by atomic mass is 16.6. The molecule has 0 aliphatic carbocycles. The second kappa shape index (κ2) is 12.6. The molecule has 0 radical (unpaired) electrons. The number of anilines is 1. The van der Waals surface area contributed by atoms with Crippen molar-refractivity contribution in [3.8, 4) is 5.75 Å². The van der Waals surface area contributed by atoms with Crippen LogP contribution in [0.4, 0.5) is 11.4 Å². The van der Waals surface area contributed by atoms with Crippen molar-refractivity contribution in [1.29, 1.82) is 0 Å². The molecule has 6 rings (SSSR count). The minimum atomic E-state index is -0.676. The lowest BCUT2D eigenvalue weighted by Crippen LogP contribution is -2.54. The van der Waals surface area contributed by atoms with Gasteiger partial charge in [-0.25, -0.2) is 0 Å². The fraction of sp³-hybridized carbons (Fsp3) is 0.484. The number of piperazine rings is 1. The van der Waals surface area contributed by atoms with Gasteiger partial charge in [0.05, 0.1) is 24.1 Å². The standard InChI is InChI=1S/C31H36N6O7/c38-28-12-11-25(29(39)32-28)36-20-22-21(30(36)40)6-3-10-27(22)44-19-5-14-33-13-4-9-26(33)31(41)35-17-15-34(16-18-35)23-7-1-2-8-24(23)37(42)43/h1-3,6-8,10,25-26H,4-5,9,11-20H2,(H,32,38,39). The Morgan fingerprint density at radius 3 is 2.57 bits per heavy atom. The maximum Gasteiger partial charge on any atom is 0.292 e. The number of amides is 4. The Bertz CT molecular complexity index is 1470. The molecule has 4 amide bonds. The normalized spacial score (nSPS) is 22.3. The van der Waals surface area contributed by atoms with Crippen LogP contribution < -0.4 is 15.0 Å². The minimum Gasteiger partial charge on any atom is -0.493 e. The van der Waals surface area contributed by atoms with Crippen molar-refractivity contribution in [2.45, 2.75) is 50.7 Å². The number of fused-ring (bicyclic) bond motifs is 1. The number of piperidine rings is 1. The summed E-state index contributed by atoms with van der Waals surface area (Å²) >= 11 is 0. The van der Waals surface area contributed by atoms with E-state index in [0.717, 1.165) is 24.9 Å². The van der Waals surface area contributed by atoms with Gasteiger partial charge in [-0.05, 0) is 50.4 Å². The third-order valence-corrected chi connectivity index (χ3v) is 9.05. The van der Waals surface area contributed by atoms with Gasteiger partial charge < -0.3 is 19.4 Å². The van der Waals surface area contributed by atoms with Crippen LogP contribution in [0.2, 0.25) is 0 Å². The average Bonchev–Trinajstić information content (AvgIpc) is 3.64. The first-order valence-corrected chi connectivity index (χ1v) is 15.2. The van der Waals surface area contributed by atoms with Crippen LogP contribution in [0, 0.1) is 10.1 Å². The fourth-order valence-electron chi connectivity index (χ4n) is 6.78. The molecule has 2 atom stereocenters. The molecule has 4 aliphatic heterocycles. The van der Waals surface area contributed by atoms with E-state index in [1.54, 1.807) is 30.3 Å². The van der Waals surface area contributed by atoms with Crippen LogP contribution in [-0.2, 0) is 20.9 Å². The zero-order valence-electron chi connectivity index (χ0n) is 24.5. The van der Waals surface area contributed by atoms with Gasteiger partial charge in [0.1, 0.15) is 17.5 Å². The molecular weight excluding hydrogens is 568 g/mol. The largest absolute Gasteiger partial charge is 0.493 e. The molecular formula is C31H36N6O7. The van der Waals surface area contributed by atoms with Gasteiger partial charge in [-0.15, -0.1) is 0 Å². The first-order valence-electron chi connectivity index (χ1n) is 15.2. The molecule has 13 heteroatoms. The fourth-order valence-corrected chi connectivity index (χ4v) is 6.78. The number of nitro groups is 1. The molecule has 13 nitrogen and oxygen atoms in total. The van der Waals surface area contributed by atoms with Crippen LogP contribution in [0.15, 0.2) is 42.5 Å². The van der Waals surface area contributed by atoms with Crippen molar-refractivity contribution < 1.29 is 28.8 Å². The molecule has 4 aliphatic rings. The average molecular weight is 605 g/mol. The van der Waals surface area contributed by atoms with Gasteiger partial charge in [0.15, 0.2) is 0 Å². The zero-order chi connectivity index (χ0) is 30.8. The van der Waals surface area contributed by atoms with Crippen molar-refractivity contribution >= 4 is 35.0 Å². The van der Waals surface area contributed by atoms with Gasteiger partial charge in [0.2, 0.25) is 17.7 Å². The number of carbonyl (C=O) groups excluding carboxylic acids is 4. The van der Waals surface area contributed by atoms with Gasteiger partial charge in [0.25, 0.3) is 11.6 Å². The van der Waals surface area contributed by atoms with Gasteiger partial charge in [0, 0.05) is 56.3 Å². The van der Waals surface area contributed by atoms with Crippen LogP contribution in [0.25, 0.3) is 0 Å². The predicted molar refractivity (Wildman–Crippen MR) is 159 cm³/mol. The first-order chi connectivity index (χ1) is 21.3. The van der Waals surface area contributed by atoms with Crippen LogP contribution in [-0.4, -0.2) is 101 Å². The minimum absolute atomic E-state index is 0.0789. The Hall–Kier alpha value is -4.52. The summed E-state index contributed by atoms with van der Waals surface area (Å²) in [6.45, 7) is 4.33. The lowest BCUT2D eigenvalue weighted by molar-refractivity contribution is -0.384.